The number of hydrogen-bond donors (Lipinski definition) is 3. The largest absolute Gasteiger partial charge is 0.363 e. The highest BCUT2D eigenvalue weighted by Crippen LogP contribution is 2.21. The van der Waals surface area contributed by atoms with Crippen LogP contribution in [-0.4, -0.2) is 34.2 Å². The maximum atomic E-state index is 10.8. The molecule has 1 aliphatic rings. The molecule has 76 valence electrons. The summed E-state index contributed by atoms with van der Waals surface area (Å²) in [7, 11) is 0. The Morgan fingerprint density at radius 2 is 2.14 bits per heavy atom. The second kappa shape index (κ2) is 3.75. The Morgan fingerprint density at radius 1 is 1.43 bits per heavy atom. The van der Waals surface area contributed by atoms with Crippen molar-refractivity contribution in [2.45, 2.75) is 18.8 Å². The number of nitrogens with zero attached hydrogens (tertiary/aromatic N) is 2. The van der Waals surface area contributed by atoms with E-state index in [4.69, 9.17) is 5.73 Å². The molecule has 0 aromatic carbocycles. The first-order valence-corrected chi connectivity index (χ1v) is 4.70. The van der Waals surface area contributed by atoms with Crippen LogP contribution < -0.4 is 11.1 Å². The van der Waals surface area contributed by atoms with Crippen LogP contribution in [0.25, 0.3) is 0 Å². The van der Waals surface area contributed by atoms with E-state index in [0.29, 0.717) is 5.92 Å². The third kappa shape index (κ3) is 1.74. The summed E-state index contributed by atoms with van der Waals surface area (Å²) in [6.07, 6.45) is 2.04. The molecule has 0 spiro atoms. The van der Waals surface area contributed by atoms with E-state index >= 15 is 0 Å². The Bertz CT molecular complexity index is 328. The second-order valence-electron chi connectivity index (χ2n) is 3.43. The molecule has 0 aliphatic carbocycles. The predicted octanol–water partition coefficient (Wildman–Crippen LogP) is -0.629. The minimum atomic E-state index is -0.582. The highest BCUT2D eigenvalue weighted by Gasteiger charge is 2.19. The first kappa shape index (κ1) is 9.14. The van der Waals surface area contributed by atoms with Crippen LogP contribution in [0.1, 0.15) is 35.2 Å². The van der Waals surface area contributed by atoms with Gasteiger partial charge in [-0.1, -0.05) is 0 Å². The summed E-state index contributed by atoms with van der Waals surface area (Å²) in [5, 5.41) is 9.79. The van der Waals surface area contributed by atoms with Crippen LogP contribution in [0.4, 0.5) is 0 Å². The highest BCUT2D eigenvalue weighted by atomic mass is 16.1. The van der Waals surface area contributed by atoms with Crippen LogP contribution in [0.2, 0.25) is 0 Å². The third-order valence-corrected chi connectivity index (χ3v) is 2.45. The quantitative estimate of drug-likeness (QED) is 0.585. The highest BCUT2D eigenvalue weighted by molar-refractivity contribution is 5.88. The van der Waals surface area contributed by atoms with Crippen LogP contribution >= 0.6 is 0 Å². The van der Waals surface area contributed by atoms with E-state index in [0.717, 1.165) is 31.8 Å². The predicted molar refractivity (Wildman–Crippen MR) is 49.7 cm³/mol. The molecule has 14 heavy (non-hydrogen) atoms. The summed E-state index contributed by atoms with van der Waals surface area (Å²) in [6, 6.07) is 0. The fourth-order valence-electron chi connectivity index (χ4n) is 1.66. The molecule has 1 saturated heterocycles. The molecule has 2 heterocycles. The zero-order valence-electron chi connectivity index (χ0n) is 7.79. The summed E-state index contributed by atoms with van der Waals surface area (Å²) < 4.78 is 0. The van der Waals surface area contributed by atoms with E-state index in [1.165, 1.54) is 0 Å². The van der Waals surface area contributed by atoms with Crippen molar-refractivity contribution in [1.29, 1.82) is 0 Å². The molecule has 0 bridgehead atoms. The first-order chi connectivity index (χ1) is 6.77. The van der Waals surface area contributed by atoms with Gasteiger partial charge in [0, 0.05) is 5.92 Å². The van der Waals surface area contributed by atoms with Crippen molar-refractivity contribution in [3.63, 3.8) is 0 Å². The van der Waals surface area contributed by atoms with Crippen molar-refractivity contribution in [3.05, 3.63) is 11.6 Å². The Morgan fingerprint density at radius 3 is 2.71 bits per heavy atom. The van der Waals surface area contributed by atoms with E-state index in [1.54, 1.807) is 0 Å². The molecule has 6 heteroatoms. The Hall–Kier alpha value is -1.43. The van der Waals surface area contributed by atoms with Crippen molar-refractivity contribution >= 4 is 5.91 Å². The average molecular weight is 195 g/mol. The summed E-state index contributed by atoms with van der Waals surface area (Å²) in [4.78, 5) is 14.8. The normalized spacial score (nSPS) is 18.3. The van der Waals surface area contributed by atoms with Crippen LogP contribution in [0.15, 0.2) is 0 Å². The van der Waals surface area contributed by atoms with Gasteiger partial charge in [-0.15, -0.1) is 5.10 Å². The van der Waals surface area contributed by atoms with E-state index in [-0.39, 0.29) is 5.82 Å². The van der Waals surface area contributed by atoms with Gasteiger partial charge in [0.15, 0.2) is 0 Å². The lowest BCUT2D eigenvalue weighted by Crippen LogP contribution is -2.27. The number of nitrogens with two attached hydrogens (primary N) is 1. The zero-order chi connectivity index (χ0) is 9.97. The summed E-state index contributed by atoms with van der Waals surface area (Å²) in [6.45, 7) is 1.97. The van der Waals surface area contributed by atoms with E-state index in [2.05, 4.69) is 20.5 Å². The summed E-state index contributed by atoms with van der Waals surface area (Å²) in [5.74, 6) is 0.650. The van der Waals surface area contributed by atoms with E-state index < -0.39 is 5.91 Å². The SMILES string of the molecule is NC(=O)c1n[nH]c(C2CCNCC2)n1. The fourth-order valence-corrected chi connectivity index (χ4v) is 1.66. The minimum absolute atomic E-state index is 0.0820. The smallest absolute Gasteiger partial charge is 0.288 e. The Kier molecular flexibility index (Phi) is 2.45. The van der Waals surface area contributed by atoms with Crippen LogP contribution in [0.5, 0.6) is 0 Å². The number of carbonyl (C=O) groups is 1. The monoisotopic (exact) mass is 195 g/mol. The number of carbonyl (C=O) groups excluding carboxylic acids is 1. The molecule has 1 fully saturated rings. The fraction of sp³-hybridized carbons (Fsp3) is 0.625. The number of rotatable bonds is 2. The van der Waals surface area contributed by atoms with Crippen LogP contribution in [0, 0.1) is 0 Å². The molecule has 6 nitrogen and oxygen atoms in total. The number of aromatic amines is 1. The van der Waals surface area contributed by atoms with Crippen molar-refractivity contribution < 1.29 is 4.79 Å². The lowest BCUT2D eigenvalue weighted by atomic mass is 9.98. The molecule has 4 N–H and O–H groups in total. The maximum absolute atomic E-state index is 10.8. The van der Waals surface area contributed by atoms with Gasteiger partial charge in [0.2, 0.25) is 5.82 Å². The van der Waals surface area contributed by atoms with Gasteiger partial charge in [-0.2, -0.15) is 0 Å². The molecule has 0 atom stereocenters. The van der Waals surface area contributed by atoms with Crippen molar-refractivity contribution in [2.24, 2.45) is 5.73 Å². The molecule has 0 saturated carbocycles. The van der Waals surface area contributed by atoms with Crippen molar-refractivity contribution in [2.75, 3.05) is 13.1 Å². The zero-order valence-corrected chi connectivity index (χ0v) is 7.79. The average Bonchev–Trinajstić information content (AvgIpc) is 2.68. The molecule has 2 rings (SSSR count). The van der Waals surface area contributed by atoms with Crippen LogP contribution in [0.3, 0.4) is 0 Å². The van der Waals surface area contributed by atoms with Crippen LogP contribution in [-0.2, 0) is 0 Å². The van der Waals surface area contributed by atoms with Gasteiger partial charge >= 0.3 is 0 Å². The number of nitrogens with one attached hydrogen (secondary N) is 2. The summed E-state index contributed by atoms with van der Waals surface area (Å²) in [5.41, 5.74) is 5.06. The number of aromatic nitrogens is 3. The van der Waals surface area contributed by atoms with Gasteiger partial charge < -0.3 is 11.1 Å². The number of primary amides is 1. The molecular weight excluding hydrogens is 182 g/mol. The third-order valence-electron chi connectivity index (χ3n) is 2.45. The lowest BCUT2D eigenvalue weighted by Gasteiger charge is -2.19. The molecule has 1 aromatic heterocycles. The number of hydrogen-bond acceptors (Lipinski definition) is 4. The van der Waals surface area contributed by atoms with Gasteiger partial charge in [-0.3, -0.25) is 9.89 Å². The van der Waals surface area contributed by atoms with Gasteiger partial charge in [-0.05, 0) is 25.9 Å². The van der Waals surface area contributed by atoms with Gasteiger partial charge in [-0.25, -0.2) is 4.98 Å². The second-order valence-corrected chi connectivity index (χ2v) is 3.43. The van der Waals surface area contributed by atoms with Gasteiger partial charge in [0.25, 0.3) is 5.91 Å². The topological polar surface area (TPSA) is 96.7 Å². The van der Waals surface area contributed by atoms with Gasteiger partial charge in [0.05, 0.1) is 0 Å². The van der Waals surface area contributed by atoms with Gasteiger partial charge in [0.1, 0.15) is 5.82 Å². The Labute approximate surface area is 81.3 Å². The maximum Gasteiger partial charge on any atom is 0.288 e. The number of amides is 1. The molecule has 0 unspecified atom stereocenters. The molecule has 0 radical (unpaired) electrons. The lowest BCUT2D eigenvalue weighted by molar-refractivity contribution is 0.0991. The number of H-pyrrole nitrogens is 1. The summed E-state index contributed by atoms with van der Waals surface area (Å²) >= 11 is 0. The standard InChI is InChI=1S/C8H13N5O/c9-6(14)8-11-7(12-13-8)5-1-3-10-4-2-5/h5,10H,1-4H2,(H2,9,14)(H,11,12,13). The molecule has 1 aliphatic heterocycles. The van der Waals surface area contributed by atoms with E-state index in [1.807, 2.05) is 0 Å². The number of piperidine rings is 1. The molecular formula is C8H13N5O. The molecule has 1 aromatic rings. The van der Waals surface area contributed by atoms with Crippen molar-refractivity contribution in [1.82, 2.24) is 20.5 Å². The van der Waals surface area contributed by atoms with Crippen molar-refractivity contribution in [3.8, 4) is 0 Å². The molecule has 1 amide bonds. The Balaban J connectivity index is 2.11. The minimum Gasteiger partial charge on any atom is -0.363 e. The van der Waals surface area contributed by atoms with E-state index in [9.17, 15) is 4.79 Å². The first-order valence-electron chi connectivity index (χ1n) is 4.70.